The van der Waals surface area contributed by atoms with Crippen molar-refractivity contribution in [1.82, 2.24) is 9.78 Å². The summed E-state index contributed by atoms with van der Waals surface area (Å²) in [6.07, 6.45) is 1.52. The van der Waals surface area contributed by atoms with Gasteiger partial charge in [-0.25, -0.2) is 9.07 Å². The number of ether oxygens (including phenoxy) is 1. The highest BCUT2D eigenvalue weighted by molar-refractivity contribution is 6.11. The minimum atomic E-state index is -0.539. The number of nitrogens with one attached hydrogen (secondary N) is 1. The summed E-state index contributed by atoms with van der Waals surface area (Å²) in [5.41, 5.74) is 0.916. The van der Waals surface area contributed by atoms with Crippen molar-refractivity contribution >= 4 is 23.7 Å². The van der Waals surface area contributed by atoms with Gasteiger partial charge in [-0.1, -0.05) is 32.0 Å². The maximum atomic E-state index is 14.5. The summed E-state index contributed by atoms with van der Waals surface area (Å²) in [6.45, 7) is 5.93. The van der Waals surface area contributed by atoms with E-state index in [1.54, 1.807) is 25.1 Å². The van der Waals surface area contributed by atoms with Gasteiger partial charge in [0.15, 0.2) is 5.75 Å². The van der Waals surface area contributed by atoms with Crippen LogP contribution in [0, 0.1) is 17.6 Å². The molecule has 1 aliphatic rings. The van der Waals surface area contributed by atoms with Crippen LogP contribution in [-0.2, 0) is 4.79 Å². The van der Waals surface area contributed by atoms with Crippen molar-refractivity contribution in [2.45, 2.75) is 39.7 Å². The van der Waals surface area contributed by atoms with E-state index < -0.39 is 11.4 Å². The Labute approximate surface area is 201 Å². The molecular formula is C25H26FN5O4. The molecule has 182 valence electrons. The zero-order valence-corrected chi connectivity index (χ0v) is 19.9. The molecule has 0 aliphatic heterocycles. The minimum Gasteiger partial charge on any atom is -0.425 e. The second-order valence-electron chi connectivity index (χ2n) is 7.57. The molecular weight excluding hydrogens is 453 g/mol. The molecule has 1 aliphatic carbocycles. The maximum Gasteiger partial charge on any atom is 0.298 e. The van der Waals surface area contributed by atoms with E-state index in [-0.39, 0.29) is 46.7 Å². The summed E-state index contributed by atoms with van der Waals surface area (Å²) in [5.74, 6) is -0.687. The van der Waals surface area contributed by atoms with Crippen molar-refractivity contribution in [2.24, 2.45) is 10.2 Å². The average Bonchev–Trinajstić information content (AvgIpc) is 3.71. The number of nitroso groups, excluding NO2 is 1. The first-order valence-electron chi connectivity index (χ1n) is 11.2. The number of halogens is 1. The number of anilines is 1. The van der Waals surface area contributed by atoms with Crippen LogP contribution in [0.2, 0.25) is 0 Å². The number of rotatable bonds is 7. The normalized spacial score (nSPS) is 12.9. The van der Waals surface area contributed by atoms with Crippen molar-refractivity contribution < 1.29 is 13.9 Å². The van der Waals surface area contributed by atoms with Gasteiger partial charge in [-0.05, 0) is 54.8 Å². The van der Waals surface area contributed by atoms with Crippen LogP contribution >= 0.6 is 0 Å². The lowest BCUT2D eigenvalue weighted by atomic mass is 10.1. The predicted molar refractivity (Wildman–Crippen MR) is 133 cm³/mol. The lowest BCUT2D eigenvalue weighted by Gasteiger charge is -2.17. The molecule has 4 rings (SSSR count). The van der Waals surface area contributed by atoms with Crippen LogP contribution in [0.1, 0.15) is 43.9 Å². The first-order valence-corrected chi connectivity index (χ1v) is 11.2. The summed E-state index contributed by atoms with van der Waals surface area (Å²) >= 11 is 0. The van der Waals surface area contributed by atoms with Crippen molar-refractivity contribution in [1.29, 1.82) is 0 Å². The molecule has 0 atom stereocenters. The van der Waals surface area contributed by atoms with Gasteiger partial charge in [0.25, 0.3) is 12.0 Å². The van der Waals surface area contributed by atoms with E-state index in [9.17, 15) is 18.9 Å². The first-order chi connectivity index (χ1) is 17.0. The Balaban J connectivity index is 0.00000167. The molecule has 0 radical (unpaired) electrons. The second-order valence-corrected chi connectivity index (χ2v) is 7.57. The van der Waals surface area contributed by atoms with Crippen LogP contribution in [0.5, 0.6) is 5.75 Å². The Morgan fingerprint density at radius 1 is 1.23 bits per heavy atom. The van der Waals surface area contributed by atoms with Gasteiger partial charge in [0, 0.05) is 12.6 Å². The number of hydrogen-bond donors (Lipinski definition) is 1. The standard InChI is InChI=1S/C23H20FN5O4.C2H6/c1-13-6-9-18(17(24)10-13)26-22(25-2)19-21(33-12-30)20(14-4-3-5-15(11-14)28-32)27-29(23(19)31)16-7-8-16;1-2/h3-6,9-12,16H,7-8H2,1-2H3,(H,25,26);1-2H3. The molecule has 10 heteroatoms. The van der Waals surface area contributed by atoms with Gasteiger partial charge in [-0.15, -0.1) is 4.91 Å². The van der Waals surface area contributed by atoms with E-state index in [0.29, 0.717) is 5.56 Å². The van der Waals surface area contributed by atoms with Gasteiger partial charge >= 0.3 is 0 Å². The van der Waals surface area contributed by atoms with Crippen LogP contribution < -0.4 is 15.6 Å². The summed E-state index contributed by atoms with van der Waals surface area (Å²) in [7, 11) is 1.43. The fourth-order valence-corrected chi connectivity index (χ4v) is 3.44. The Morgan fingerprint density at radius 2 is 1.97 bits per heavy atom. The highest BCUT2D eigenvalue weighted by Gasteiger charge is 2.32. The molecule has 0 saturated heterocycles. The highest BCUT2D eigenvalue weighted by atomic mass is 19.1. The van der Waals surface area contributed by atoms with Crippen LogP contribution in [-0.4, -0.2) is 29.1 Å². The van der Waals surface area contributed by atoms with E-state index in [0.717, 1.165) is 18.4 Å². The molecule has 2 aromatic carbocycles. The molecule has 1 saturated carbocycles. The van der Waals surface area contributed by atoms with Crippen molar-refractivity contribution in [3.63, 3.8) is 0 Å². The summed E-state index contributed by atoms with van der Waals surface area (Å²) in [4.78, 5) is 40.0. The molecule has 1 fully saturated rings. The number of carbonyl (C=O) groups is 1. The molecule has 0 bridgehead atoms. The van der Waals surface area contributed by atoms with Gasteiger partial charge in [-0.2, -0.15) is 5.10 Å². The molecule has 0 spiro atoms. The summed E-state index contributed by atoms with van der Waals surface area (Å²) in [6, 6.07) is 10.7. The number of amidine groups is 1. The molecule has 9 nitrogen and oxygen atoms in total. The van der Waals surface area contributed by atoms with E-state index in [2.05, 4.69) is 20.6 Å². The number of aliphatic imine (C=N–C) groups is 1. The largest absolute Gasteiger partial charge is 0.425 e. The number of aromatic nitrogens is 2. The number of aryl methyl sites for hydroxylation is 1. The minimum absolute atomic E-state index is 0.00215. The van der Waals surface area contributed by atoms with E-state index in [4.69, 9.17) is 4.74 Å². The van der Waals surface area contributed by atoms with Crippen LogP contribution in [0.25, 0.3) is 11.3 Å². The quantitative estimate of drug-likeness (QED) is 0.217. The van der Waals surface area contributed by atoms with Gasteiger partial charge in [-0.3, -0.25) is 14.6 Å². The number of hydrogen-bond acceptors (Lipinski definition) is 7. The third kappa shape index (κ3) is 5.48. The van der Waals surface area contributed by atoms with Gasteiger partial charge in [0.1, 0.15) is 28.6 Å². The molecule has 1 aromatic heterocycles. The smallest absolute Gasteiger partial charge is 0.298 e. The monoisotopic (exact) mass is 479 g/mol. The maximum absolute atomic E-state index is 14.5. The molecule has 35 heavy (non-hydrogen) atoms. The number of nitrogens with zero attached hydrogens (tertiary/aromatic N) is 4. The zero-order valence-electron chi connectivity index (χ0n) is 19.9. The van der Waals surface area contributed by atoms with Gasteiger partial charge in [0.2, 0.25) is 0 Å². The topological polar surface area (TPSA) is 115 Å². The SMILES string of the molecule is CC.CN=C(Nc1ccc(C)cc1F)c1c(OC=O)c(-c2cccc(N=O)c2)nn(C2CC2)c1=O. The predicted octanol–water partition coefficient (Wildman–Crippen LogP) is 5.14. The highest BCUT2D eigenvalue weighted by Crippen LogP contribution is 2.37. The van der Waals surface area contributed by atoms with E-state index in [1.807, 2.05) is 13.8 Å². The van der Waals surface area contributed by atoms with E-state index >= 15 is 0 Å². The van der Waals surface area contributed by atoms with Crippen LogP contribution in [0.4, 0.5) is 15.8 Å². The second kappa shape index (κ2) is 11.3. The third-order valence-corrected chi connectivity index (χ3v) is 5.19. The number of carbonyl (C=O) groups excluding carboxylic acids is 1. The third-order valence-electron chi connectivity index (χ3n) is 5.19. The summed E-state index contributed by atoms with van der Waals surface area (Å²) in [5, 5.41) is 10.2. The molecule has 3 aromatic rings. The van der Waals surface area contributed by atoms with Crippen LogP contribution in [0.3, 0.4) is 0 Å². The Morgan fingerprint density at radius 3 is 2.57 bits per heavy atom. The Kier molecular flexibility index (Phi) is 8.19. The lowest BCUT2D eigenvalue weighted by molar-refractivity contribution is -0.120. The fraction of sp³-hybridized carbons (Fsp3) is 0.280. The van der Waals surface area contributed by atoms with Gasteiger partial charge < -0.3 is 10.1 Å². The van der Waals surface area contributed by atoms with Crippen molar-refractivity contribution in [3.05, 3.63) is 74.7 Å². The first kappa shape index (κ1) is 25.4. The zero-order chi connectivity index (χ0) is 25.5. The molecule has 1 N–H and O–H groups in total. The molecule has 1 heterocycles. The summed E-state index contributed by atoms with van der Waals surface area (Å²) < 4.78 is 21.0. The fourth-order valence-electron chi connectivity index (χ4n) is 3.44. The molecule has 0 unspecified atom stereocenters. The van der Waals surface area contributed by atoms with Crippen molar-refractivity contribution in [2.75, 3.05) is 12.4 Å². The van der Waals surface area contributed by atoms with E-state index in [1.165, 1.54) is 36.0 Å². The molecule has 0 amide bonds. The van der Waals surface area contributed by atoms with Crippen LogP contribution in [0.15, 0.2) is 57.4 Å². The lowest BCUT2D eigenvalue weighted by Crippen LogP contribution is -2.33. The Hall–Kier alpha value is -4.21. The average molecular weight is 480 g/mol. The number of benzene rings is 2. The Bertz CT molecular complexity index is 1330. The van der Waals surface area contributed by atoms with Gasteiger partial charge in [0.05, 0.1) is 11.7 Å². The van der Waals surface area contributed by atoms with Crippen molar-refractivity contribution in [3.8, 4) is 17.0 Å².